The first-order chi connectivity index (χ1) is 6.75. The normalized spacial score (nSPS) is 10.4. The van der Waals surface area contributed by atoms with Crippen molar-refractivity contribution < 1.29 is 0 Å². The summed E-state index contributed by atoms with van der Waals surface area (Å²) in [5.41, 5.74) is 3.95. The zero-order valence-electron chi connectivity index (χ0n) is 8.19. The number of hydrogen-bond acceptors (Lipinski definition) is 4. The van der Waals surface area contributed by atoms with Crippen LogP contribution in [0.5, 0.6) is 0 Å². The number of nitrogens with zero attached hydrogens (tertiary/aromatic N) is 3. The SMILES string of the molecule is Cc1nn(C)cc1NCc1cncs1. The van der Waals surface area contributed by atoms with Gasteiger partial charge in [0, 0.05) is 24.3 Å². The summed E-state index contributed by atoms with van der Waals surface area (Å²) in [6.07, 6.45) is 3.86. The molecule has 0 bridgehead atoms. The Morgan fingerprint density at radius 2 is 2.43 bits per heavy atom. The average molecular weight is 208 g/mol. The van der Waals surface area contributed by atoms with Gasteiger partial charge in [0.1, 0.15) is 0 Å². The molecule has 0 atom stereocenters. The number of thiazole rings is 1. The third kappa shape index (κ3) is 1.93. The molecule has 2 rings (SSSR count). The van der Waals surface area contributed by atoms with Crippen LogP contribution in [0, 0.1) is 6.92 Å². The van der Waals surface area contributed by atoms with Gasteiger partial charge in [-0.05, 0) is 6.92 Å². The lowest BCUT2D eigenvalue weighted by atomic mass is 10.4. The Morgan fingerprint density at radius 3 is 3.00 bits per heavy atom. The Balaban J connectivity index is 2.01. The van der Waals surface area contributed by atoms with Crippen LogP contribution in [-0.2, 0) is 13.6 Å². The minimum Gasteiger partial charge on any atom is -0.377 e. The van der Waals surface area contributed by atoms with Crippen molar-refractivity contribution in [2.24, 2.45) is 7.05 Å². The van der Waals surface area contributed by atoms with E-state index >= 15 is 0 Å². The van der Waals surface area contributed by atoms with Gasteiger partial charge in [0.05, 0.1) is 23.4 Å². The summed E-state index contributed by atoms with van der Waals surface area (Å²) < 4.78 is 1.81. The molecule has 2 aromatic heterocycles. The number of aryl methyl sites for hydroxylation is 2. The lowest BCUT2D eigenvalue weighted by Gasteiger charge is -2.00. The Labute approximate surface area is 86.6 Å². The maximum Gasteiger partial charge on any atom is 0.0825 e. The molecular formula is C9H12N4S. The number of anilines is 1. The van der Waals surface area contributed by atoms with E-state index in [2.05, 4.69) is 15.4 Å². The van der Waals surface area contributed by atoms with Crippen molar-refractivity contribution in [2.75, 3.05) is 5.32 Å². The third-order valence-electron chi connectivity index (χ3n) is 1.95. The molecule has 0 unspecified atom stereocenters. The van der Waals surface area contributed by atoms with Crippen molar-refractivity contribution in [3.8, 4) is 0 Å². The monoisotopic (exact) mass is 208 g/mol. The topological polar surface area (TPSA) is 42.7 Å². The van der Waals surface area contributed by atoms with Crippen molar-refractivity contribution >= 4 is 17.0 Å². The highest BCUT2D eigenvalue weighted by Crippen LogP contribution is 2.14. The molecule has 5 heteroatoms. The van der Waals surface area contributed by atoms with Gasteiger partial charge in [0.2, 0.25) is 0 Å². The zero-order valence-corrected chi connectivity index (χ0v) is 9.01. The molecule has 0 aliphatic rings. The molecule has 0 spiro atoms. The summed E-state index contributed by atoms with van der Waals surface area (Å²) in [7, 11) is 1.92. The van der Waals surface area contributed by atoms with Crippen molar-refractivity contribution in [2.45, 2.75) is 13.5 Å². The lowest BCUT2D eigenvalue weighted by Crippen LogP contribution is -1.97. The highest BCUT2D eigenvalue weighted by Gasteiger charge is 2.02. The van der Waals surface area contributed by atoms with Crippen LogP contribution in [0.2, 0.25) is 0 Å². The Kier molecular flexibility index (Phi) is 2.49. The van der Waals surface area contributed by atoms with Gasteiger partial charge < -0.3 is 5.32 Å². The molecule has 0 fully saturated rings. The second-order valence-corrected chi connectivity index (χ2v) is 4.09. The van der Waals surface area contributed by atoms with E-state index in [9.17, 15) is 0 Å². The van der Waals surface area contributed by atoms with Gasteiger partial charge >= 0.3 is 0 Å². The van der Waals surface area contributed by atoms with E-state index in [-0.39, 0.29) is 0 Å². The fourth-order valence-electron chi connectivity index (χ4n) is 1.28. The van der Waals surface area contributed by atoms with E-state index in [1.165, 1.54) is 4.88 Å². The van der Waals surface area contributed by atoms with Crippen LogP contribution in [0.1, 0.15) is 10.6 Å². The molecule has 4 nitrogen and oxygen atoms in total. The Hall–Kier alpha value is -1.36. The largest absolute Gasteiger partial charge is 0.377 e. The van der Waals surface area contributed by atoms with Gasteiger partial charge in [-0.25, -0.2) is 0 Å². The molecule has 1 N–H and O–H groups in total. The van der Waals surface area contributed by atoms with Crippen molar-refractivity contribution in [3.63, 3.8) is 0 Å². The molecular weight excluding hydrogens is 196 g/mol. The first-order valence-corrected chi connectivity index (χ1v) is 5.25. The fourth-order valence-corrected chi connectivity index (χ4v) is 1.82. The smallest absolute Gasteiger partial charge is 0.0825 e. The van der Waals surface area contributed by atoms with Gasteiger partial charge in [-0.1, -0.05) is 0 Å². The quantitative estimate of drug-likeness (QED) is 0.836. The first-order valence-electron chi connectivity index (χ1n) is 4.37. The van der Waals surface area contributed by atoms with Crippen LogP contribution in [-0.4, -0.2) is 14.8 Å². The Morgan fingerprint density at radius 1 is 1.57 bits per heavy atom. The molecule has 0 saturated carbocycles. The average Bonchev–Trinajstić information content (AvgIpc) is 2.72. The molecule has 74 valence electrons. The third-order valence-corrected chi connectivity index (χ3v) is 2.73. The summed E-state index contributed by atoms with van der Waals surface area (Å²) >= 11 is 1.65. The molecule has 0 radical (unpaired) electrons. The maximum absolute atomic E-state index is 4.25. The molecule has 0 amide bonds. The summed E-state index contributed by atoms with van der Waals surface area (Å²) in [5, 5.41) is 7.58. The zero-order chi connectivity index (χ0) is 9.97. The van der Waals surface area contributed by atoms with E-state index in [1.54, 1.807) is 11.3 Å². The molecule has 0 aliphatic carbocycles. The summed E-state index contributed by atoms with van der Waals surface area (Å²) in [6.45, 7) is 2.81. The van der Waals surface area contributed by atoms with Crippen LogP contribution in [0.3, 0.4) is 0 Å². The summed E-state index contributed by atoms with van der Waals surface area (Å²) in [6, 6.07) is 0. The van der Waals surface area contributed by atoms with Crippen molar-refractivity contribution in [3.05, 3.63) is 28.5 Å². The summed E-state index contributed by atoms with van der Waals surface area (Å²) in [4.78, 5) is 5.25. The van der Waals surface area contributed by atoms with Gasteiger partial charge in [-0.2, -0.15) is 5.10 Å². The van der Waals surface area contributed by atoms with E-state index in [1.807, 2.05) is 36.6 Å². The maximum atomic E-state index is 4.25. The second kappa shape index (κ2) is 3.79. The van der Waals surface area contributed by atoms with Gasteiger partial charge in [0.15, 0.2) is 0 Å². The molecule has 14 heavy (non-hydrogen) atoms. The molecule has 2 heterocycles. The highest BCUT2D eigenvalue weighted by molar-refractivity contribution is 7.09. The van der Waals surface area contributed by atoms with E-state index < -0.39 is 0 Å². The standard InChI is InChI=1S/C9H12N4S/c1-7-9(5-13(2)12-7)11-4-8-3-10-6-14-8/h3,5-6,11H,4H2,1-2H3. The van der Waals surface area contributed by atoms with E-state index in [0.717, 1.165) is 17.9 Å². The van der Waals surface area contributed by atoms with Gasteiger partial charge in [0.25, 0.3) is 0 Å². The van der Waals surface area contributed by atoms with Crippen LogP contribution >= 0.6 is 11.3 Å². The minimum atomic E-state index is 0.817. The van der Waals surface area contributed by atoms with E-state index in [0.29, 0.717) is 0 Å². The van der Waals surface area contributed by atoms with Crippen LogP contribution in [0.4, 0.5) is 5.69 Å². The predicted octanol–water partition coefficient (Wildman–Crippen LogP) is 1.80. The number of nitrogens with one attached hydrogen (secondary N) is 1. The van der Waals surface area contributed by atoms with Crippen molar-refractivity contribution in [1.29, 1.82) is 0 Å². The molecule has 2 aromatic rings. The van der Waals surface area contributed by atoms with Crippen LogP contribution < -0.4 is 5.32 Å². The van der Waals surface area contributed by atoms with Crippen LogP contribution in [0.15, 0.2) is 17.9 Å². The molecule has 0 aromatic carbocycles. The highest BCUT2D eigenvalue weighted by atomic mass is 32.1. The van der Waals surface area contributed by atoms with Crippen LogP contribution in [0.25, 0.3) is 0 Å². The Bertz CT molecular complexity index is 404. The first kappa shape index (κ1) is 9.21. The predicted molar refractivity (Wildman–Crippen MR) is 57.4 cm³/mol. The number of aromatic nitrogens is 3. The van der Waals surface area contributed by atoms with Gasteiger partial charge in [-0.15, -0.1) is 11.3 Å². The van der Waals surface area contributed by atoms with Gasteiger partial charge in [-0.3, -0.25) is 9.67 Å². The fraction of sp³-hybridized carbons (Fsp3) is 0.333. The van der Waals surface area contributed by atoms with Crippen molar-refractivity contribution in [1.82, 2.24) is 14.8 Å². The minimum absolute atomic E-state index is 0.817. The molecule has 0 aliphatic heterocycles. The summed E-state index contributed by atoms with van der Waals surface area (Å²) in [5.74, 6) is 0. The van der Waals surface area contributed by atoms with E-state index in [4.69, 9.17) is 0 Å². The number of rotatable bonds is 3. The molecule has 0 saturated heterocycles. The number of hydrogen-bond donors (Lipinski definition) is 1. The second-order valence-electron chi connectivity index (χ2n) is 3.12. The lowest BCUT2D eigenvalue weighted by molar-refractivity contribution is 0.756.